The summed E-state index contributed by atoms with van der Waals surface area (Å²) >= 11 is 0. The highest BCUT2D eigenvalue weighted by atomic mass is 127. The fourth-order valence-corrected chi connectivity index (χ4v) is 1.56. The van der Waals surface area contributed by atoms with E-state index in [0.717, 1.165) is 12.5 Å². The Kier molecular flexibility index (Phi) is 8.89. The number of hydrogen-bond donors (Lipinski definition) is 1. The number of likely N-dealkylation sites (N-methyl/N-ethyl adjacent to an activating group) is 1. The van der Waals surface area contributed by atoms with Gasteiger partial charge >= 0.3 is 0 Å². The molecule has 1 aromatic rings. The summed E-state index contributed by atoms with van der Waals surface area (Å²) in [6.45, 7) is 5.98. The first-order valence-electron chi connectivity index (χ1n) is 7.00. The van der Waals surface area contributed by atoms with Gasteiger partial charge in [0, 0.05) is 26.2 Å². The first kappa shape index (κ1) is 20.2. The van der Waals surface area contributed by atoms with E-state index in [1.807, 2.05) is 37.2 Å². The van der Waals surface area contributed by atoms with Gasteiger partial charge in [-0.05, 0) is 33.5 Å². The van der Waals surface area contributed by atoms with Gasteiger partial charge in [-0.15, -0.1) is 24.0 Å². The first-order valence-corrected chi connectivity index (χ1v) is 7.00. The minimum Gasteiger partial charge on any atom is -0.354 e. The van der Waals surface area contributed by atoms with Crippen LogP contribution < -0.4 is 5.32 Å². The molecule has 5 heteroatoms. The normalized spacial score (nSPS) is 12.0. The molecule has 0 atom stereocenters. The third-order valence-electron chi connectivity index (χ3n) is 3.57. The molecule has 0 aromatic heterocycles. The van der Waals surface area contributed by atoms with Crippen molar-refractivity contribution in [2.24, 2.45) is 4.99 Å². The lowest BCUT2D eigenvalue weighted by atomic mass is 10.0. The zero-order chi connectivity index (χ0) is 15.2. The van der Waals surface area contributed by atoms with E-state index in [1.54, 1.807) is 0 Å². The second-order valence-corrected chi connectivity index (χ2v) is 6.08. The highest BCUT2D eigenvalue weighted by Crippen LogP contribution is 2.08. The molecule has 4 nitrogen and oxygen atoms in total. The molecule has 21 heavy (non-hydrogen) atoms. The Hall–Kier alpha value is -0.820. The molecule has 0 unspecified atom stereocenters. The number of aliphatic imine (C=N–C) groups is 1. The van der Waals surface area contributed by atoms with Gasteiger partial charge < -0.3 is 15.1 Å². The minimum atomic E-state index is 0. The highest BCUT2D eigenvalue weighted by molar-refractivity contribution is 14.0. The molecule has 0 radical (unpaired) electrons. The van der Waals surface area contributed by atoms with E-state index in [2.05, 4.69) is 55.3 Å². The number of hydrogen-bond acceptors (Lipinski definition) is 2. The van der Waals surface area contributed by atoms with Crippen molar-refractivity contribution in [3.63, 3.8) is 0 Å². The average Bonchev–Trinajstić information content (AvgIpc) is 2.39. The molecule has 0 bridgehead atoms. The molecule has 0 aliphatic carbocycles. The third-order valence-corrected chi connectivity index (χ3v) is 3.57. The van der Waals surface area contributed by atoms with Gasteiger partial charge in [0.25, 0.3) is 0 Å². The maximum absolute atomic E-state index is 4.67. The summed E-state index contributed by atoms with van der Waals surface area (Å²) in [6, 6.07) is 10.3. The lowest BCUT2D eigenvalue weighted by Gasteiger charge is -2.34. The summed E-state index contributed by atoms with van der Waals surface area (Å²) in [5.74, 6) is 0.920. The molecule has 0 saturated heterocycles. The molecule has 0 heterocycles. The lowest BCUT2D eigenvalue weighted by molar-refractivity contribution is 0.196. The second kappa shape index (κ2) is 9.25. The van der Waals surface area contributed by atoms with Crippen LogP contribution in [0.1, 0.15) is 19.4 Å². The van der Waals surface area contributed by atoms with Crippen molar-refractivity contribution in [2.45, 2.75) is 25.9 Å². The monoisotopic (exact) mass is 404 g/mol. The molecule has 0 aliphatic rings. The van der Waals surface area contributed by atoms with Crippen molar-refractivity contribution in [1.82, 2.24) is 15.1 Å². The number of rotatable bonds is 5. The van der Waals surface area contributed by atoms with Crippen LogP contribution in [0.2, 0.25) is 0 Å². The van der Waals surface area contributed by atoms with E-state index >= 15 is 0 Å². The predicted octanol–water partition coefficient (Wildman–Crippen LogP) is 2.65. The molecule has 0 fully saturated rings. The van der Waals surface area contributed by atoms with Crippen molar-refractivity contribution < 1.29 is 0 Å². The van der Waals surface area contributed by atoms with Crippen LogP contribution in [0, 0.1) is 0 Å². The number of guanidine groups is 1. The molecular weight excluding hydrogens is 375 g/mol. The van der Waals surface area contributed by atoms with Gasteiger partial charge in [-0.3, -0.25) is 0 Å². The summed E-state index contributed by atoms with van der Waals surface area (Å²) in [5.41, 5.74) is 1.31. The Morgan fingerprint density at radius 1 is 1.10 bits per heavy atom. The van der Waals surface area contributed by atoms with Gasteiger partial charge in [0.05, 0.1) is 6.54 Å². The smallest absolute Gasteiger partial charge is 0.193 e. The van der Waals surface area contributed by atoms with E-state index in [9.17, 15) is 0 Å². The Labute approximate surface area is 146 Å². The van der Waals surface area contributed by atoms with E-state index in [0.29, 0.717) is 6.54 Å². The summed E-state index contributed by atoms with van der Waals surface area (Å²) in [5, 5.41) is 3.45. The SMILES string of the molecule is CN(C)C(=NCc1ccccc1)NCC(C)(C)N(C)C.I. The molecule has 1 rings (SSSR count). The summed E-state index contributed by atoms with van der Waals surface area (Å²) < 4.78 is 0. The summed E-state index contributed by atoms with van der Waals surface area (Å²) in [6.07, 6.45) is 0. The van der Waals surface area contributed by atoms with Gasteiger partial charge in [-0.1, -0.05) is 30.3 Å². The number of nitrogens with one attached hydrogen (secondary N) is 1. The van der Waals surface area contributed by atoms with Crippen molar-refractivity contribution in [1.29, 1.82) is 0 Å². The van der Waals surface area contributed by atoms with Crippen LogP contribution >= 0.6 is 24.0 Å². The molecule has 1 N–H and O–H groups in total. The molecular formula is C16H29IN4. The maximum Gasteiger partial charge on any atom is 0.193 e. The standard InChI is InChI=1S/C16H28N4.HI/c1-16(2,20(5)6)13-18-15(19(3)4)17-12-14-10-8-7-9-11-14;/h7-11H,12-13H2,1-6H3,(H,17,18);1H. The van der Waals surface area contributed by atoms with Crippen molar-refractivity contribution >= 4 is 29.9 Å². The third kappa shape index (κ3) is 7.13. The van der Waals surface area contributed by atoms with Gasteiger partial charge in [-0.2, -0.15) is 0 Å². The fraction of sp³-hybridized carbons (Fsp3) is 0.562. The molecule has 120 valence electrons. The zero-order valence-electron chi connectivity index (χ0n) is 14.1. The van der Waals surface area contributed by atoms with Crippen LogP contribution in [-0.2, 0) is 6.54 Å². The van der Waals surface area contributed by atoms with Crippen LogP contribution in [0.15, 0.2) is 35.3 Å². The summed E-state index contributed by atoms with van der Waals surface area (Å²) in [4.78, 5) is 8.90. The van der Waals surface area contributed by atoms with Crippen LogP contribution in [0.5, 0.6) is 0 Å². The highest BCUT2D eigenvalue weighted by Gasteiger charge is 2.20. The number of halogens is 1. The lowest BCUT2D eigenvalue weighted by Crippen LogP contribution is -2.50. The van der Waals surface area contributed by atoms with Gasteiger partial charge in [0.2, 0.25) is 0 Å². The Morgan fingerprint density at radius 3 is 2.14 bits per heavy atom. The zero-order valence-corrected chi connectivity index (χ0v) is 16.4. The van der Waals surface area contributed by atoms with E-state index in [-0.39, 0.29) is 29.5 Å². The first-order chi connectivity index (χ1) is 9.33. The molecule has 1 aromatic carbocycles. The molecule has 0 aliphatic heterocycles. The molecule has 0 spiro atoms. The van der Waals surface area contributed by atoms with Gasteiger partial charge in [0.15, 0.2) is 5.96 Å². The Bertz CT molecular complexity index is 427. The number of benzene rings is 1. The molecule has 0 amide bonds. The second-order valence-electron chi connectivity index (χ2n) is 6.08. The van der Waals surface area contributed by atoms with Crippen LogP contribution in [0.3, 0.4) is 0 Å². The van der Waals surface area contributed by atoms with Gasteiger partial charge in [0.1, 0.15) is 0 Å². The van der Waals surface area contributed by atoms with Crippen molar-refractivity contribution in [2.75, 3.05) is 34.7 Å². The largest absolute Gasteiger partial charge is 0.354 e. The maximum atomic E-state index is 4.67. The molecule has 0 saturated carbocycles. The van der Waals surface area contributed by atoms with Crippen molar-refractivity contribution in [3.8, 4) is 0 Å². The Morgan fingerprint density at radius 2 is 1.67 bits per heavy atom. The van der Waals surface area contributed by atoms with Crippen LogP contribution in [-0.4, -0.2) is 56.0 Å². The van der Waals surface area contributed by atoms with Gasteiger partial charge in [-0.25, -0.2) is 4.99 Å². The quantitative estimate of drug-likeness (QED) is 0.465. The minimum absolute atomic E-state index is 0. The van der Waals surface area contributed by atoms with E-state index in [1.165, 1.54) is 5.56 Å². The van der Waals surface area contributed by atoms with E-state index in [4.69, 9.17) is 0 Å². The van der Waals surface area contributed by atoms with Crippen LogP contribution in [0.25, 0.3) is 0 Å². The predicted molar refractivity (Wildman–Crippen MR) is 102 cm³/mol. The topological polar surface area (TPSA) is 30.9 Å². The Balaban J connectivity index is 0.00000400. The van der Waals surface area contributed by atoms with E-state index < -0.39 is 0 Å². The summed E-state index contributed by atoms with van der Waals surface area (Å²) in [7, 11) is 8.22. The van der Waals surface area contributed by atoms with Crippen molar-refractivity contribution in [3.05, 3.63) is 35.9 Å². The number of nitrogens with zero attached hydrogens (tertiary/aromatic N) is 3. The fourth-order valence-electron chi connectivity index (χ4n) is 1.56. The average molecular weight is 404 g/mol. The van der Waals surface area contributed by atoms with Crippen LogP contribution in [0.4, 0.5) is 0 Å².